The van der Waals surface area contributed by atoms with Crippen LogP contribution in [-0.4, -0.2) is 37.2 Å². The zero-order valence-electron chi connectivity index (χ0n) is 46.4. The Labute approximate surface area is 425 Å². The molecule has 0 amide bonds. The highest BCUT2D eigenvalue weighted by Gasteiger charge is 2.19. The predicted octanol–water partition coefficient (Wildman–Crippen LogP) is 20.7. The van der Waals surface area contributed by atoms with E-state index in [1.54, 1.807) is 0 Å². The lowest BCUT2D eigenvalue weighted by atomic mass is 10.0. The first kappa shape index (κ1) is 66.4. The lowest BCUT2D eigenvalue weighted by Gasteiger charge is -2.18. The molecule has 0 aromatic heterocycles. The molecule has 0 aromatic rings. The molecule has 0 aliphatic heterocycles. The molecule has 0 bridgehead atoms. The lowest BCUT2D eigenvalue weighted by Crippen LogP contribution is -2.30. The molecule has 0 saturated heterocycles. The van der Waals surface area contributed by atoms with E-state index in [0.717, 1.165) is 64.2 Å². The summed E-state index contributed by atoms with van der Waals surface area (Å²) in [7, 11) is 0. The molecule has 0 spiro atoms. The summed E-state index contributed by atoms with van der Waals surface area (Å²) in [6, 6.07) is 0. The Morgan fingerprint density at radius 3 is 0.588 bits per heavy atom. The molecule has 0 aliphatic carbocycles. The smallest absolute Gasteiger partial charge is 0.306 e. The van der Waals surface area contributed by atoms with Crippen LogP contribution in [0.1, 0.15) is 361 Å². The van der Waals surface area contributed by atoms with Gasteiger partial charge in [0.1, 0.15) is 13.2 Å². The van der Waals surface area contributed by atoms with E-state index in [0.29, 0.717) is 19.3 Å². The van der Waals surface area contributed by atoms with Crippen molar-refractivity contribution in [2.24, 2.45) is 0 Å². The highest BCUT2D eigenvalue weighted by molar-refractivity contribution is 5.71. The van der Waals surface area contributed by atoms with Gasteiger partial charge in [-0.25, -0.2) is 0 Å². The molecule has 0 heterocycles. The second-order valence-corrected chi connectivity index (χ2v) is 21.3. The van der Waals surface area contributed by atoms with Crippen LogP contribution in [0.25, 0.3) is 0 Å². The number of ether oxygens (including phenoxy) is 3. The fourth-order valence-corrected chi connectivity index (χ4v) is 9.68. The van der Waals surface area contributed by atoms with Gasteiger partial charge in [0.05, 0.1) is 0 Å². The molecule has 1 unspecified atom stereocenters. The second-order valence-electron chi connectivity index (χ2n) is 21.3. The normalized spacial score (nSPS) is 11.9. The van der Waals surface area contributed by atoms with Gasteiger partial charge in [-0.3, -0.25) is 14.4 Å². The molecule has 0 radical (unpaired) electrons. The Bertz CT molecular complexity index is 1010. The summed E-state index contributed by atoms with van der Waals surface area (Å²) in [5.74, 6) is -0.859. The highest BCUT2D eigenvalue weighted by Crippen LogP contribution is 2.18. The summed E-state index contributed by atoms with van der Waals surface area (Å²) < 4.78 is 16.7. The molecule has 6 heteroatoms. The summed E-state index contributed by atoms with van der Waals surface area (Å²) in [4.78, 5) is 37.6. The van der Waals surface area contributed by atoms with Crippen molar-refractivity contribution in [1.29, 1.82) is 0 Å². The Balaban J connectivity index is 3.73. The van der Waals surface area contributed by atoms with E-state index in [-0.39, 0.29) is 31.1 Å². The molecule has 0 N–H and O–H groups in total. The van der Waals surface area contributed by atoms with Crippen LogP contribution in [0.15, 0.2) is 0 Å². The van der Waals surface area contributed by atoms with Crippen molar-refractivity contribution in [3.8, 4) is 0 Å². The number of hydrogen-bond donors (Lipinski definition) is 0. The average Bonchev–Trinajstić information content (AvgIpc) is 3.34. The third kappa shape index (κ3) is 55.3. The quantitative estimate of drug-likeness (QED) is 0.0343. The Hall–Kier alpha value is -1.59. The molecule has 404 valence electrons. The van der Waals surface area contributed by atoms with Crippen LogP contribution in [0.5, 0.6) is 0 Å². The van der Waals surface area contributed by atoms with E-state index >= 15 is 0 Å². The maximum atomic E-state index is 12.7. The van der Waals surface area contributed by atoms with Crippen molar-refractivity contribution >= 4 is 17.9 Å². The SMILES string of the molecule is CCCCCCCCCCCCCCCCCCCCCCCCCCCCCCCCCCCCCC(=O)OCC(COC(=O)CCCCCCC)OC(=O)CCCCCCCCCCCC. The lowest BCUT2D eigenvalue weighted by molar-refractivity contribution is -0.167. The molecule has 0 fully saturated rings. The van der Waals surface area contributed by atoms with E-state index in [9.17, 15) is 14.4 Å². The van der Waals surface area contributed by atoms with Crippen molar-refractivity contribution in [2.75, 3.05) is 13.2 Å². The number of esters is 3. The number of hydrogen-bond acceptors (Lipinski definition) is 6. The summed E-state index contributed by atoms with van der Waals surface area (Å²) in [5, 5.41) is 0. The van der Waals surface area contributed by atoms with Gasteiger partial charge in [0, 0.05) is 19.3 Å². The van der Waals surface area contributed by atoms with Gasteiger partial charge in [-0.2, -0.15) is 0 Å². The van der Waals surface area contributed by atoms with Crippen molar-refractivity contribution in [2.45, 2.75) is 367 Å². The van der Waals surface area contributed by atoms with Crippen LogP contribution in [0.3, 0.4) is 0 Å². The first-order chi connectivity index (χ1) is 33.5. The van der Waals surface area contributed by atoms with Crippen molar-refractivity contribution < 1.29 is 28.6 Å². The molecule has 1 atom stereocenters. The average molecular weight is 962 g/mol. The van der Waals surface area contributed by atoms with Gasteiger partial charge in [0.2, 0.25) is 0 Å². The van der Waals surface area contributed by atoms with E-state index in [4.69, 9.17) is 14.2 Å². The van der Waals surface area contributed by atoms with Crippen LogP contribution >= 0.6 is 0 Å². The summed E-state index contributed by atoms with van der Waals surface area (Å²) >= 11 is 0. The molecular formula is C62H120O6. The molecule has 0 aliphatic rings. The minimum absolute atomic E-state index is 0.0634. The highest BCUT2D eigenvalue weighted by atomic mass is 16.6. The third-order valence-corrected chi connectivity index (χ3v) is 14.4. The van der Waals surface area contributed by atoms with E-state index in [2.05, 4.69) is 20.8 Å². The number of unbranched alkanes of at least 4 members (excludes halogenated alkanes) is 47. The monoisotopic (exact) mass is 961 g/mol. The van der Waals surface area contributed by atoms with Crippen molar-refractivity contribution in [3.05, 3.63) is 0 Å². The second kappa shape index (κ2) is 58.0. The first-order valence-electron chi connectivity index (χ1n) is 31.0. The van der Waals surface area contributed by atoms with E-state index in [1.165, 1.54) is 257 Å². The van der Waals surface area contributed by atoms with Crippen LogP contribution in [0, 0.1) is 0 Å². The van der Waals surface area contributed by atoms with Crippen LogP contribution in [0.4, 0.5) is 0 Å². The number of rotatable bonds is 58. The Morgan fingerprint density at radius 1 is 0.235 bits per heavy atom. The zero-order chi connectivity index (χ0) is 49.3. The molecule has 0 saturated carbocycles. The van der Waals surface area contributed by atoms with Gasteiger partial charge in [0.25, 0.3) is 0 Å². The molecular weight excluding hydrogens is 841 g/mol. The fraction of sp³-hybridized carbons (Fsp3) is 0.952. The van der Waals surface area contributed by atoms with Gasteiger partial charge in [-0.05, 0) is 19.3 Å². The maximum Gasteiger partial charge on any atom is 0.306 e. The topological polar surface area (TPSA) is 78.9 Å². The zero-order valence-corrected chi connectivity index (χ0v) is 46.4. The van der Waals surface area contributed by atoms with E-state index < -0.39 is 6.10 Å². The summed E-state index contributed by atoms with van der Waals surface area (Å²) in [6.45, 7) is 6.59. The summed E-state index contributed by atoms with van der Waals surface area (Å²) in [5.41, 5.74) is 0. The summed E-state index contributed by atoms with van der Waals surface area (Å²) in [6.07, 6.45) is 66.3. The number of carbonyl (C=O) groups excluding carboxylic acids is 3. The standard InChI is InChI=1S/C62H120O6/c1-4-7-10-13-15-17-19-20-21-22-23-24-25-26-27-28-29-30-31-32-33-34-35-36-37-38-39-40-41-42-43-45-46-49-52-55-61(64)67-58-59(57-66-60(63)54-51-48-12-9-6-3)68-62(65)56-53-50-47-44-18-16-14-11-8-5-2/h59H,4-58H2,1-3H3. The fourth-order valence-electron chi connectivity index (χ4n) is 9.68. The van der Waals surface area contributed by atoms with Crippen LogP contribution in [-0.2, 0) is 28.6 Å². The van der Waals surface area contributed by atoms with Crippen molar-refractivity contribution in [1.82, 2.24) is 0 Å². The van der Waals surface area contributed by atoms with Gasteiger partial charge in [-0.1, -0.05) is 323 Å². The molecule has 0 rings (SSSR count). The third-order valence-electron chi connectivity index (χ3n) is 14.4. The minimum atomic E-state index is -0.758. The number of carbonyl (C=O) groups is 3. The van der Waals surface area contributed by atoms with Gasteiger partial charge < -0.3 is 14.2 Å². The van der Waals surface area contributed by atoms with Gasteiger partial charge >= 0.3 is 17.9 Å². The van der Waals surface area contributed by atoms with Gasteiger partial charge in [-0.15, -0.1) is 0 Å². The first-order valence-corrected chi connectivity index (χ1v) is 31.0. The minimum Gasteiger partial charge on any atom is -0.462 e. The Morgan fingerprint density at radius 2 is 0.397 bits per heavy atom. The molecule has 68 heavy (non-hydrogen) atoms. The van der Waals surface area contributed by atoms with Crippen molar-refractivity contribution in [3.63, 3.8) is 0 Å². The largest absolute Gasteiger partial charge is 0.462 e. The molecule has 6 nitrogen and oxygen atoms in total. The maximum absolute atomic E-state index is 12.7. The van der Waals surface area contributed by atoms with Crippen LogP contribution in [0.2, 0.25) is 0 Å². The van der Waals surface area contributed by atoms with E-state index in [1.807, 2.05) is 0 Å². The molecule has 0 aromatic carbocycles. The predicted molar refractivity (Wildman–Crippen MR) is 294 cm³/mol. The Kier molecular flexibility index (Phi) is 56.6. The van der Waals surface area contributed by atoms with Gasteiger partial charge in [0.15, 0.2) is 6.10 Å². The van der Waals surface area contributed by atoms with Crippen LogP contribution < -0.4 is 0 Å².